The Bertz CT molecular complexity index is 751. The van der Waals surface area contributed by atoms with E-state index in [1.54, 1.807) is 7.11 Å². The lowest BCUT2D eigenvalue weighted by Gasteiger charge is -2.43. The van der Waals surface area contributed by atoms with Crippen LogP contribution < -0.4 is 0 Å². The van der Waals surface area contributed by atoms with Crippen LogP contribution in [-0.4, -0.2) is 73.2 Å². The van der Waals surface area contributed by atoms with E-state index in [-0.39, 0.29) is 36.8 Å². The summed E-state index contributed by atoms with van der Waals surface area (Å²) in [6.07, 6.45) is 3.18. The highest BCUT2D eigenvalue weighted by Gasteiger charge is 2.74. The molecule has 0 bridgehead atoms. The molecule has 6 nitrogen and oxygen atoms in total. The van der Waals surface area contributed by atoms with Crippen LogP contribution in [0.1, 0.15) is 40.0 Å². The summed E-state index contributed by atoms with van der Waals surface area (Å²) in [4.78, 5) is 14.1. The maximum Gasteiger partial charge on any atom is 0.410 e. The van der Waals surface area contributed by atoms with Gasteiger partial charge in [0.05, 0.1) is 30.5 Å². The van der Waals surface area contributed by atoms with Crippen LogP contribution in [0.4, 0.5) is 13.6 Å². The lowest BCUT2D eigenvalue weighted by molar-refractivity contribution is -0.122. The zero-order valence-corrected chi connectivity index (χ0v) is 18.0. The second-order valence-electron chi connectivity index (χ2n) is 10.1. The van der Waals surface area contributed by atoms with Crippen LogP contribution in [0.5, 0.6) is 0 Å². The van der Waals surface area contributed by atoms with Crippen LogP contribution in [0.2, 0.25) is 0 Å². The molecule has 0 aromatic rings. The van der Waals surface area contributed by atoms with Crippen molar-refractivity contribution in [1.82, 2.24) is 4.90 Å². The van der Waals surface area contributed by atoms with Crippen LogP contribution in [0.15, 0.2) is 11.6 Å². The molecule has 3 saturated heterocycles. The summed E-state index contributed by atoms with van der Waals surface area (Å²) in [5.41, 5.74) is 0.569. The van der Waals surface area contributed by atoms with E-state index < -0.39 is 35.6 Å². The highest BCUT2D eigenvalue weighted by Crippen LogP contribution is 2.61. The minimum absolute atomic E-state index is 0.0478. The minimum atomic E-state index is -2.62. The number of rotatable bonds is 5. The standard InChI is InChI=1S/C22H31F2NO5/c1-12(2)5-6-16-20(3,30-16)18-17(27-4)15(7-8-21(18)11-28-21)29-19(26)25-9-13-14(10-25)22(13,23)24/h5,13-18H,6-11H2,1-4H3/t13?,14?,15-,16-,17-,18-,20+,21+/m1/s1. The molecule has 0 aromatic carbocycles. The maximum atomic E-state index is 13.5. The first-order valence-electron chi connectivity index (χ1n) is 10.9. The van der Waals surface area contributed by atoms with Gasteiger partial charge in [0.1, 0.15) is 23.4 Å². The fraction of sp³-hybridized carbons (Fsp3) is 0.864. The van der Waals surface area contributed by atoms with E-state index in [1.165, 1.54) is 10.5 Å². The van der Waals surface area contributed by atoms with Crippen LogP contribution in [0.3, 0.4) is 0 Å². The maximum absolute atomic E-state index is 13.5. The molecule has 3 aliphatic heterocycles. The predicted molar refractivity (Wildman–Crippen MR) is 103 cm³/mol. The molecule has 5 rings (SSSR count). The summed E-state index contributed by atoms with van der Waals surface area (Å²) in [6, 6.07) is 0. The molecule has 3 heterocycles. The van der Waals surface area contributed by atoms with Crippen molar-refractivity contribution in [2.24, 2.45) is 17.8 Å². The van der Waals surface area contributed by atoms with Gasteiger partial charge in [0, 0.05) is 20.2 Å². The normalized spacial score (nSPS) is 47.6. The molecule has 1 spiro atoms. The van der Waals surface area contributed by atoms with Crippen LogP contribution in [0.25, 0.3) is 0 Å². The van der Waals surface area contributed by atoms with E-state index in [2.05, 4.69) is 26.8 Å². The Morgan fingerprint density at radius 3 is 2.50 bits per heavy atom. The van der Waals surface area contributed by atoms with Gasteiger partial charge in [0.25, 0.3) is 5.92 Å². The number of ether oxygens (including phenoxy) is 4. The minimum Gasteiger partial charge on any atom is -0.443 e. The number of carbonyl (C=O) groups is 1. The number of carbonyl (C=O) groups excluding carboxylic acids is 1. The van der Waals surface area contributed by atoms with Gasteiger partial charge in [-0.2, -0.15) is 0 Å². The molecule has 0 radical (unpaired) electrons. The predicted octanol–water partition coefficient (Wildman–Crippen LogP) is 3.40. The Balaban J connectivity index is 1.27. The Morgan fingerprint density at radius 2 is 1.93 bits per heavy atom. The number of nitrogens with zero attached hydrogens (tertiary/aromatic N) is 1. The second kappa shape index (κ2) is 6.62. The molecule has 1 amide bonds. The highest BCUT2D eigenvalue weighted by molar-refractivity contribution is 5.69. The number of likely N-dealkylation sites (tertiary alicyclic amines) is 1. The second-order valence-corrected chi connectivity index (χ2v) is 10.1. The average Bonchev–Trinajstić information content (AvgIpc) is 3.61. The first kappa shape index (κ1) is 20.6. The smallest absolute Gasteiger partial charge is 0.410 e. The van der Waals surface area contributed by atoms with E-state index in [1.807, 2.05) is 0 Å². The van der Waals surface area contributed by atoms with Crippen molar-refractivity contribution in [3.8, 4) is 0 Å². The van der Waals surface area contributed by atoms with E-state index in [4.69, 9.17) is 18.9 Å². The van der Waals surface area contributed by atoms with Crippen molar-refractivity contribution in [2.45, 2.75) is 75.5 Å². The van der Waals surface area contributed by atoms with E-state index >= 15 is 0 Å². The van der Waals surface area contributed by atoms with Crippen molar-refractivity contribution in [1.29, 1.82) is 0 Å². The van der Waals surface area contributed by atoms with Crippen molar-refractivity contribution >= 4 is 6.09 Å². The third-order valence-corrected chi connectivity index (χ3v) is 7.95. The summed E-state index contributed by atoms with van der Waals surface area (Å²) < 4.78 is 50.7. The molecular weight excluding hydrogens is 396 g/mol. The van der Waals surface area contributed by atoms with Crippen molar-refractivity contribution in [3.63, 3.8) is 0 Å². The van der Waals surface area contributed by atoms with E-state index in [0.29, 0.717) is 13.0 Å². The largest absolute Gasteiger partial charge is 0.443 e. The molecule has 168 valence electrons. The third-order valence-electron chi connectivity index (χ3n) is 7.95. The summed E-state index contributed by atoms with van der Waals surface area (Å²) in [7, 11) is 1.63. The van der Waals surface area contributed by atoms with Crippen molar-refractivity contribution < 1.29 is 32.5 Å². The van der Waals surface area contributed by atoms with Crippen molar-refractivity contribution in [3.05, 3.63) is 11.6 Å². The van der Waals surface area contributed by atoms with Crippen LogP contribution in [0, 0.1) is 17.8 Å². The van der Waals surface area contributed by atoms with Gasteiger partial charge in [0.2, 0.25) is 0 Å². The monoisotopic (exact) mass is 427 g/mol. The lowest BCUT2D eigenvalue weighted by atomic mass is 9.68. The summed E-state index contributed by atoms with van der Waals surface area (Å²) >= 11 is 0. The first-order valence-corrected chi connectivity index (χ1v) is 10.9. The Hall–Kier alpha value is -1.25. The zero-order valence-electron chi connectivity index (χ0n) is 18.0. The molecule has 0 N–H and O–H groups in total. The van der Waals surface area contributed by atoms with Crippen LogP contribution >= 0.6 is 0 Å². The van der Waals surface area contributed by atoms with E-state index in [0.717, 1.165) is 12.8 Å². The molecule has 2 saturated carbocycles. The Labute approximate surface area is 175 Å². The summed E-state index contributed by atoms with van der Waals surface area (Å²) in [6.45, 7) is 7.04. The molecule has 5 aliphatic rings. The number of hydrogen-bond donors (Lipinski definition) is 0. The van der Waals surface area contributed by atoms with Crippen LogP contribution in [-0.2, 0) is 18.9 Å². The number of epoxide rings is 2. The molecular formula is C22H31F2NO5. The van der Waals surface area contributed by atoms with Gasteiger partial charge in [-0.25, -0.2) is 13.6 Å². The van der Waals surface area contributed by atoms with Gasteiger partial charge in [-0.3, -0.25) is 0 Å². The van der Waals surface area contributed by atoms with Gasteiger partial charge in [-0.1, -0.05) is 11.6 Å². The molecule has 0 aromatic heterocycles. The summed E-state index contributed by atoms with van der Waals surface area (Å²) in [5.74, 6) is -4.08. The Kier molecular flexibility index (Phi) is 4.56. The van der Waals surface area contributed by atoms with Gasteiger partial charge in [-0.05, 0) is 40.0 Å². The molecule has 30 heavy (non-hydrogen) atoms. The first-order chi connectivity index (χ1) is 14.1. The van der Waals surface area contributed by atoms with Gasteiger partial charge in [-0.15, -0.1) is 0 Å². The topological polar surface area (TPSA) is 63.8 Å². The fourth-order valence-electron chi connectivity index (χ4n) is 5.93. The number of hydrogen-bond acceptors (Lipinski definition) is 5. The number of amides is 1. The number of alkyl halides is 2. The fourth-order valence-corrected chi connectivity index (χ4v) is 5.93. The van der Waals surface area contributed by atoms with Gasteiger partial charge < -0.3 is 23.8 Å². The van der Waals surface area contributed by atoms with E-state index in [9.17, 15) is 13.6 Å². The summed E-state index contributed by atoms with van der Waals surface area (Å²) in [5, 5.41) is 0. The number of methoxy groups -OCH3 is 1. The molecule has 2 aliphatic carbocycles. The average molecular weight is 427 g/mol. The zero-order chi connectivity index (χ0) is 21.5. The molecule has 2 unspecified atom stereocenters. The van der Waals surface area contributed by atoms with Gasteiger partial charge >= 0.3 is 6.09 Å². The lowest BCUT2D eigenvalue weighted by Crippen LogP contribution is -2.56. The third kappa shape index (κ3) is 3.09. The number of fused-ring (bicyclic) bond motifs is 1. The van der Waals surface area contributed by atoms with Crippen molar-refractivity contribution in [2.75, 3.05) is 26.8 Å². The Morgan fingerprint density at radius 1 is 1.27 bits per heavy atom. The molecule has 8 heteroatoms. The van der Waals surface area contributed by atoms with Gasteiger partial charge in [0.15, 0.2) is 0 Å². The number of piperidine rings is 1. The highest BCUT2D eigenvalue weighted by atomic mass is 19.3. The quantitative estimate of drug-likeness (QED) is 0.497. The molecule has 8 atom stereocenters. The molecule has 5 fully saturated rings. The SMILES string of the molecule is CO[C@@H]1[C@H](OC(=O)N2CC3C(C2)C3(F)F)CC[C@]2(CO2)[C@H]1[C@@]1(C)O[C@@H]1CC=C(C)C. The number of halogens is 2. The number of allylic oxidation sites excluding steroid dienone is 1.